The fourth-order valence-electron chi connectivity index (χ4n) is 5.84. The summed E-state index contributed by atoms with van der Waals surface area (Å²) in [5.41, 5.74) is 7.20. The van der Waals surface area contributed by atoms with Gasteiger partial charge in [0.2, 0.25) is 5.91 Å². The second-order valence-corrected chi connectivity index (χ2v) is 12.7. The number of nitrogens with two attached hydrogens (primary N) is 1. The number of nitriles is 1. The summed E-state index contributed by atoms with van der Waals surface area (Å²) in [6.45, 7) is 5.09. The van der Waals surface area contributed by atoms with Gasteiger partial charge in [-0.05, 0) is 60.7 Å². The van der Waals surface area contributed by atoms with Gasteiger partial charge in [-0.15, -0.1) is 0 Å². The lowest BCUT2D eigenvalue weighted by atomic mass is 9.82. The van der Waals surface area contributed by atoms with Gasteiger partial charge in [-0.3, -0.25) is 19.4 Å². The predicted octanol–water partition coefficient (Wildman–Crippen LogP) is 5.39. The Morgan fingerprint density at radius 3 is 2.04 bits per heavy atom. The highest BCUT2D eigenvalue weighted by molar-refractivity contribution is 6.09. The summed E-state index contributed by atoms with van der Waals surface area (Å²) in [6.07, 6.45) is -0.675. The largest absolute Gasteiger partial charge is 0.444 e. The Morgan fingerprint density at radius 1 is 0.875 bits per heavy atom. The second kappa shape index (κ2) is 13.8. The maximum atomic E-state index is 14.2. The molecule has 1 saturated heterocycles. The molecule has 244 valence electrons. The van der Waals surface area contributed by atoms with Gasteiger partial charge in [0.1, 0.15) is 11.6 Å². The van der Waals surface area contributed by atoms with E-state index in [1.807, 2.05) is 60.7 Å². The molecule has 3 N–H and O–H groups in total. The van der Waals surface area contributed by atoms with E-state index < -0.39 is 41.1 Å². The summed E-state index contributed by atoms with van der Waals surface area (Å²) in [4.78, 5) is 56.5. The number of nitrogens with zero attached hydrogens (tertiary/aromatic N) is 3. The average molecular weight is 644 g/mol. The summed E-state index contributed by atoms with van der Waals surface area (Å²) in [6, 6.07) is 32.5. The zero-order valence-electron chi connectivity index (χ0n) is 27.1. The van der Waals surface area contributed by atoms with Crippen LogP contribution in [-0.2, 0) is 39.4 Å². The third-order valence-electron chi connectivity index (χ3n) is 8.02. The summed E-state index contributed by atoms with van der Waals surface area (Å²) >= 11 is 0. The smallest absolute Gasteiger partial charge is 0.411 e. The molecule has 48 heavy (non-hydrogen) atoms. The number of urea groups is 1. The van der Waals surface area contributed by atoms with E-state index >= 15 is 0 Å². The van der Waals surface area contributed by atoms with Gasteiger partial charge >= 0.3 is 12.1 Å². The number of hydrogen-bond donors (Lipinski definition) is 2. The number of rotatable bonds is 10. The molecule has 0 radical (unpaired) electrons. The number of nitrogens with one attached hydrogen (secondary N) is 1. The zero-order chi connectivity index (χ0) is 34.5. The Hall–Kier alpha value is -5.95. The van der Waals surface area contributed by atoms with Crippen LogP contribution in [-0.4, -0.2) is 45.4 Å². The molecule has 4 aromatic carbocycles. The van der Waals surface area contributed by atoms with E-state index in [4.69, 9.17) is 10.5 Å². The number of carbonyl (C=O) groups excluding carboxylic acids is 4. The number of carbonyl (C=O) groups is 4. The standard InChI is InChI=1S/C38H37N5O5/c1-37(2,3)48-36(47)42(32(33(40)44)22-26-12-10-13-27(20-26)23-39)24-28-14-11-15-29(21-28)25-43-34(45)38(41-35(43)46,30-16-6-4-7-17-30)31-18-8-5-9-19-31/h4-21,32H,22,24-25H2,1-3H3,(H2,40,44)(H,41,46)/t32-/m1/s1. The van der Waals surface area contributed by atoms with Crippen molar-refractivity contribution >= 4 is 23.9 Å². The lowest BCUT2D eigenvalue weighted by Gasteiger charge is -2.32. The third-order valence-corrected chi connectivity index (χ3v) is 8.02. The van der Waals surface area contributed by atoms with Crippen LogP contribution in [0.2, 0.25) is 0 Å². The molecule has 0 spiro atoms. The number of amides is 5. The van der Waals surface area contributed by atoms with Crippen LogP contribution < -0.4 is 11.1 Å². The highest BCUT2D eigenvalue weighted by atomic mass is 16.6. The molecular formula is C38H37N5O5. The minimum atomic E-state index is -1.40. The van der Waals surface area contributed by atoms with Crippen LogP contribution in [0.4, 0.5) is 9.59 Å². The van der Waals surface area contributed by atoms with Crippen molar-refractivity contribution in [3.05, 3.63) is 143 Å². The van der Waals surface area contributed by atoms with Gasteiger partial charge < -0.3 is 15.8 Å². The highest BCUT2D eigenvalue weighted by Crippen LogP contribution is 2.36. The normalized spacial score (nSPS) is 14.5. The number of imide groups is 1. The Balaban J connectivity index is 1.44. The molecule has 1 fully saturated rings. The van der Waals surface area contributed by atoms with Crippen molar-refractivity contribution in [1.29, 1.82) is 5.26 Å². The van der Waals surface area contributed by atoms with Gasteiger partial charge in [0.05, 0.1) is 18.2 Å². The first-order valence-electron chi connectivity index (χ1n) is 15.5. The maximum absolute atomic E-state index is 14.2. The first kappa shape index (κ1) is 33.4. The lowest BCUT2D eigenvalue weighted by Crippen LogP contribution is -2.50. The van der Waals surface area contributed by atoms with Gasteiger partial charge in [-0.25, -0.2) is 9.59 Å². The highest BCUT2D eigenvalue weighted by Gasteiger charge is 2.53. The summed E-state index contributed by atoms with van der Waals surface area (Å²) in [5.74, 6) is -1.16. The first-order chi connectivity index (χ1) is 22.9. The molecule has 1 aliphatic rings. The maximum Gasteiger partial charge on any atom is 0.411 e. The van der Waals surface area contributed by atoms with Crippen molar-refractivity contribution in [2.75, 3.05) is 0 Å². The van der Waals surface area contributed by atoms with Crippen molar-refractivity contribution in [2.45, 2.75) is 57.5 Å². The minimum Gasteiger partial charge on any atom is -0.444 e. The number of hydrogen-bond acceptors (Lipinski definition) is 6. The minimum absolute atomic E-state index is 0.0352. The van der Waals surface area contributed by atoms with E-state index in [1.54, 1.807) is 69.3 Å². The Kier molecular flexibility index (Phi) is 9.61. The van der Waals surface area contributed by atoms with E-state index in [9.17, 15) is 24.4 Å². The van der Waals surface area contributed by atoms with Crippen LogP contribution in [0.1, 0.15) is 54.2 Å². The Morgan fingerprint density at radius 2 is 1.46 bits per heavy atom. The second-order valence-electron chi connectivity index (χ2n) is 12.7. The van der Waals surface area contributed by atoms with Crippen LogP contribution >= 0.6 is 0 Å². The molecule has 0 bridgehead atoms. The van der Waals surface area contributed by atoms with E-state index in [-0.39, 0.29) is 19.5 Å². The SMILES string of the molecule is CC(C)(C)OC(=O)N(Cc1cccc(CN2C(=O)NC(c3ccccc3)(c3ccccc3)C2=O)c1)[C@H](Cc1cccc(C#N)c1)C(N)=O. The van der Waals surface area contributed by atoms with Crippen molar-refractivity contribution in [3.8, 4) is 6.07 Å². The van der Waals surface area contributed by atoms with Gasteiger partial charge in [-0.2, -0.15) is 5.26 Å². The molecule has 1 aliphatic heterocycles. The summed E-state index contributed by atoms with van der Waals surface area (Å²) in [7, 11) is 0. The molecule has 0 aliphatic carbocycles. The molecule has 5 amide bonds. The molecular weight excluding hydrogens is 606 g/mol. The number of primary amides is 1. The summed E-state index contributed by atoms with van der Waals surface area (Å²) < 4.78 is 5.68. The molecule has 1 atom stereocenters. The lowest BCUT2D eigenvalue weighted by molar-refractivity contribution is -0.130. The molecule has 1 heterocycles. The van der Waals surface area contributed by atoms with Crippen LogP contribution in [0.15, 0.2) is 109 Å². The van der Waals surface area contributed by atoms with Crippen molar-refractivity contribution in [2.24, 2.45) is 5.73 Å². The molecule has 5 rings (SSSR count). The number of benzene rings is 4. The van der Waals surface area contributed by atoms with Crippen LogP contribution in [0.25, 0.3) is 0 Å². The monoisotopic (exact) mass is 643 g/mol. The molecule has 10 heteroatoms. The van der Waals surface area contributed by atoms with E-state index in [2.05, 4.69) is 11.4 Å². The Labute approximate surface area is 279 Å². The van der Waals surface area contributed by atoms with Crippen molar-refractivity contribution in [1.82, 2.24) is 15.1 Å². The molecule has 0 saturated carbocycles. The fourth-order valence-corrected chi connectivity index (χ4v) is 5.84. The van der Waals surface area contributed by atoms with Crippen LogP contribution in [0.5, 0.6) is 0 Å². The van der Waals surface area contributed by atoms with E-state index in [0.717, 1.165) is 0 Å². The Bertz CT molecular complexity index is 1820. The van der Waals surface area contributed by atoms with Crippen molar-refractivity contribution in [3.63, 3.8) is 0 Å². The predicted molar refractivity (Wildman–Crippen MR) is 179 cm³/mol. The van der Waals surface area contributed by atoms with Gasteiger partial charge in [0.25, 0.3) is 5.91 Å². The molecule has 4 aromatic rings. The van der Waals surface area contributed by atoms with Crippen molar-refractivity contribution < 1.29 is 23.9 Å². The van der Waals surface area contributed by atoms with Gasteiger partial charge in [-0.1, -0.05) is 97.1 Å². The molecule has 0 aromatic heterocycles. The van der Waals surface area contributed by atoms with Crippen LogP contribution in [0, 0.1) is 11.3 Å². The average Bonchev–Trinajstić information content (AvgIpc) is 3.32. The first-order valence-corrected chi connectivity index (χ1v) is 15.5. The topological polar surface area (TPSA) is 146 Å². The zero-order valence-corrected chi connectivity index (χ0v) is 27.1. The fraction of sp³-hybridized carbons (Fsp3) is 0.237. The number of ether oxygens (including phenoxy) is 1. The molecule has 0 unspecified atom stereocenters. The van der Waals surface area contributed by atoms with E-state index in [1.165, 1.54) is 9.80 Å². The van der Waals surface area contributed by atoms with Crippen LogP contribution in [0.3, 0.4) is 0 Å². The van der Waals surface area contributed by atoms with Gasteiger partial charge in [0, 0.05) is 13.0 Å². The van der Waals surface area contributed by atoms with Gasteiger partial charge in [0.15, 0.2) is 5.54 Å². The quantitative estimate of drug-likeness (QED) is 0.222. The molecule has 10 nitrogen and oxygen atoms in total. The van der Waals surface area contributed by atoms with E-state index in [0.29, 0.717) is 33.4 Å². The summed E-state index contributed by atoms with van der Waals surface area (Å²) in [5, 5.41) is 12.3. The third kappa shape index (κ3) is 7.21.